The number of ether oxygens (including phenoxy) is 1. The average molecular weight is 472 g/mol. The van der Waals surface area contributed by atoms with Crippen LogP contribution in [0.2, 0.25) is 15.1 Å². The van der Waals surface area contributed by atoms with Gasteiger partial charge in [0.1, 0.15) is 11.8 Å². The van der Waals surface area contributed by atoms with Gasteiger partial charge in [-0.15, -0.1) is 0 Å². The molecule has 0 aliphatic heterocycles. The molecule has 0 bridgehead atoms. The summed E-state index contributed by atoms with van der Waals surface area (Å²) in [7, 11) is 0. The average Bonchev–Trinajstić information content (AvgIpc) is 2.71. The van der Waals surface area contributed by atoms with E-state index >= 15 is 0 Å². The van der Waals surface area contributed by atoms with Crippen LogP contribution in [0.5, 0.6) is 5.75 Å². The monoisotopic (exact) mass is 470 g/mol. The van der Waals surface area contributed by atoms with E-state index in [9.17, 15) is 9.59 Å². The molecule has 2 rings (SSSR count). The van der Waals surface area contributed by atoms with Gasteiger partial charge in [-0.25, -0.2) is 0 Å². The van der Waals surface area contributed by atoms with Gasteiger partial charge in [0.05, 0.1) is 0 Å². The van der Waals surface area contributed by atoms with Crippen molar-refractivity contribution in [1.82, 2.24) is 10.2 Å². The molecule has 5 nitrogen and oxygen atoms in total. The molecular formula is C22H25Cl3N2O3. The summed E-state index contributed by atoms with van der Waals surface area (Å²) in [6.07, 6.45) is 0.800. The van der Waals surface area contributed by atoms with E-state index in [4.69, 9.17) is 39.5 Å². The minimum Gasteiger partial charge on any atom is -0.484 e. The molecule has 0 heterocycles. The Morgan fingerprint density at radius 3 is 2.47 bits per heavy atom. The van der Waals surface area contributed by atoms with E-state index in [1.807, 2.05) is 13.8 Å². The summed E-state index contributed by atoms with van der Waals surface area (Å²) in [5.41, 5.74) is 1.53. The molecule has 0 saturated heterocycles. The summed E-state index contributed by atoms with van der Waals surface area (Å²) in [5.74, 6) is -0.0526. The van der Waals surface area contributed by atoms with Gasteiger partial charge in [0, 0.05) is 28.2 Å². The van der Waals surface area contributed by atoms with Crippen LogP contribution in [0.4, 0.5) is 0 Å². The van der Waals surface area contributed by atoms with Crippen LogP contribution in [0, 0.1) is 6.92 Å². The molecule has 0 fully saturated rings. The molecule has 0 aliphatic carbocycles. The first-order chi connectivity index (χ1) is 14.2. The second-order valence-electron chi connectivity index (χ2n) is 6.92. The number of halogens is 3. The van der Waals surface area contributed by atoms with Crippen LogP contribution >= 0.6 is 34.8 Å². The molecule has 1 N–H and O–H groups in total. The fourth-order valence-electron chi connectivity index (χ4n) is 2.75. The van der Waals surface area contributed by atoms with E-state index in [0.29, 0.717) is 32.9 Å². The fraction of sp³-hybridized carbons (Fsp3) is 0.364. The van der Waals surface area contributed by atoms with Crippen molar-refractivity contribution < 1.29 is 14.3 Å². The summed E-state index contributed by atoms with van der Waals surface area (Å²) in [6.45, 7) is 5.96. The molecule has 2 amide bonds. The van der Waals surface area contributed by atoms with Crippen LogP contribution in [0.25, 0.3) is 0 Å². The maximum absolute atomic E-state index is 13.0. The second-order valence-corrected chi connectivity index (χ2v) is 8.17. The molecule has 0 saturated carbocycles. The number of aryl methyl sites for hydroxylation is 1. The predicted molar refractivity (Wildman–Crippen MR) is 121 cm³/mol. The SMILES string of the molecule is CCCNC(=O)[C@H](C)N(Cc1ccc(Cl)cc1Cl)C(=O)COc1ccc(Cl)c(C)c1. The van der Waals surface area contributed by atoms with Gasteiger partial charge >= 0.3 is 0 Å². The third-order valence-electron chi connectivity index (χ3n) is 4.56. The number of carbonyl (C=O) groups excluding carboxylic acids is 2. The number of hydrogen-bond donors (Lipinski definition) is 1. The van der Waals surface area contributed by atoms with Crippen LogP contribution in [-0.4, -0.2) is 35.9 Å². The zero-order chi connectivity index (χ0) is 22.3. The summed E-state index contributed by atoms with van der Waals surface area (Å²) < 4.78 is 5.65. The molecule has 30 heavy (non-hydrogen) atoms. The summed E-state index contributed by atoms with van der Waals surface area (Å²) in [6, 6.07) is 9.50. The number of nitrogens with zero attached hydrogens (tertiary/aromatic N) is 1. The Bertz CT molecular complexity index is 905. The normalized spacial score (nSPS) is 11.7. The first-order valence-corrected chi connectivity index (χ1v) is 10.8. The van der Waals surface area contributed by atoms with Crippen molar-refractivity contribution in [1.29, 1.82) is 0 Å². The number of amides is 2. The molecule has 0 aromatic heterocycles. The van der Waals surface area contributed by atoms with Gasteiger partial charge < -0.3 is 15.0 Å². The molecule has 0 aliphatic rings. The number of rotatable bonds is 9. The molecule has 1 atom stereocenters. The van der Waals surface area contributed by atoms with E-state index in [1.165, 1.54) is 4.90 Å². The molecular weight excluding hydrogens is 447 g/mol. The smallest absolute Gasteiger partial charge is 0.261 e. The van der Waals surface area contributed by atoms with Crippen LogP contribution < -0.4 is 10.1 Å². The molecule has 2 aromatic rings. The minimum atomic E-state index is -0.702. The van der Waals surface area contributed by atoms with Gasteiger partial charge in [-0.05, 0) is 61.7 Å². The minimum absolute atomic E-state index is 0.151. The highest BCUT2D eigenvalue weighted by molar-refractivity contribution is 6.35. The zero-order valence-corrected chi connectivity index (χ0v) is 19.4. The van der Waals surface area contributed by atoms with Gasteiger partial charge in [0.2, 0.25) is 5.91 Å². The van der Waals surface area contributed by atoms with Crippen molar-refractivity contribution in [2.45, 2.75) is 39.8 Å². The van der Waals surface area contributed by atoms with Crippen molar-refractivity contribution in [3.05, 3.63) is 62.6 Å². The van der Waals surface area contributed by atoms with E-state index < -0.39 is 6.04 Å². The van der Waals surface area contributed by atoms with Crippen LogP contribution in [0.3, 0.4) is 0 Å². The van der Waals surface area contributed by atoms with E-state index in [-0.39, 0.29) is 25.0 Å². The Morgan fingerprint density at radius 2 is 1.83 bits per heavy atom. The van der Waals surface area contributed by atoms with Gasteiger partial charge in [0.15, 0.2) is 6.61 Å². The van der Waals surface area contributed by atoms with E-state index in [0.717, 1.165) is 12.0 Å². The Labute approximate surface area is 192 Å². The highest BCUT2D eigenvalue weighted by Gasteiger charge is 2.27. The lowest BCUT2D eigenvalue weighted by molar-refractivity contribution is -0.142. The van der Waals surface area contributed by atoms with Gasteiger partial charge in [-0.2, -0.15) is 0 Å². The lowest BCUT2D eigenvalue weighted by Gasteiger charge is -2.29. The maximum Gasteiger partial charge on any atom is 0.261 e. The third kappa shape index (κ3) is 6.79. The first-order valence-electron chi connectivity index (χ1n) is 9.63. The molecule has 0 radical (unpaired) electrons. The largest absolute Gasteiger partial charge is 0.484 e. The van der Waals surface area contributed by atoms with E-state index in [2.05, 4.69) is 5.32 Å². The number of hydrogen-bond acceptors (Lipinski definition) is 3. The van der Waals surface area contributed by atoms with Crippen molar-refractivity contribution in [3.8, 4) is 5.75 Å². The van der Waals surface area contributed by atoms with Crippen LogP contribution in [0.15, 0.2) is 36.4 Å². The molecule has 162 valence electrons. The molecule has 8 heteroatoms. The molecule has 2 aromatic carbocycles. The van der Waals surface area contributed by atoms with Crippen molar-refractivity contribution in [3.63, 3.8) is 0 Å². The van der Waals surface area contributed by atoms with Crippen molar-refractivity contribution >= 4 is 46.6 Å². The highest BCUT2D eigenvalue weighted by Crippen LogP contribution is 2.24. The predicted octanol–water partition coefficient (Wildman–Crippen LogP) is 5.28. The number of carbonyl (C=O) groups is 2. The first kappa shape index (κ1) is 24.3. The second kappa shape index (κ2) is 11.4. The fourth-order valence-corrected chi connectivity index (χ4v) is 3.33. The lowest BCUT2D eigenvalue weighted by Crippen LogP contribution is -2.49. The Morgan fingerprint density at radius 1 is 1.10 bits per heavy atom. The summed E-state index contributed by atoms with van der Waals surface area (Å²) in [4.78, 5) is 27.0. The van der Waals surface area contributed by atoms with E-state index in [1.54, 1.807) is 43.3 Å². The van der Waals surface area contributed by atoms with Gasteiger partial charge in [-0.1, -0.05) is 47.8 Å². The summed E-state index contributed by atoms with van der Waals surface area (Å²) in [5, 5.41) is 4.37. The molecule has 0 spiro atoms. The Hall–Kier alpha value is -1.95. The standard InChI is InChI=1S/C22H25Cl3N2O3/c1-4-9-26-22(29)15(3)27(12-16-5-6-17(23)11-20(16)25)21(28)13-30-18-7-8-19(24)14(2)10-18/h5-8,10-11,15H,4,9,12-13H2,1-3H3,(H,26,29)/t15-/m0/s1. The summed E-state index contributed by atoms with van der Waals surface area (Å²) >= 11 is 18.3. The quantitative estimate of drug-likeness (QED) is 0.541. The zero-order valence-electron chi connectivity index (χ0n) is 17.2. The van der Waals surface area contributed by atoms with Crippen LogP contribution in [0.1, 0.15) is 31.4 Å². The molecule has 0 unspecified atom stereocenters. The van der Waals surface area contributed by atoms with Crippen molar-refractivity contribution in [2.24, 2.45) is 0 Å². The maximum atomic E-state index is 13.0. The topological polar surface area (TPSA) is 58.6 Å². The lowest BCUT2D eigenvalue weighted by atomic mass is 10.1. The highest BCUT2D eigenvalue weighted by atomic mass is 35.5. The number of benzene rings is 2. The van der Waals surface area contributed by atoms with Gasteiger partial charge in [0.25, 0.3) is 5.91 Å². The Balaban J connectivity index is 2.18. The van der Waals surface area contributed by atoms with Crippen molar-refractivity contribution in [2.75, 3.05) is 13.2 Å². The van der Waals surface area contributed by atoms with Gasteiger partial charge in [-0.3, -0.25) is 9.59 Å². The van der Waals surface area contributed by atoms with Crippen LogP contribution in [-0.2, 0) is 16.1 Å². The third-order valence-corrected chi connectivity index (χ3v) is 5.58. The number of nitrogens with one attached hydrogen (secondary N) is 1. The Kier molecular flexibility index (Phi) is 9.28.